The Morgan fingerprint density at radius 1 is 0.509 bits per heavy atom. The highest BCUT2D eigenvalue weighted by atomic mass is 19.1. The van der Waals surface area contributed by atoms with Crippen LogP contribution in [-0.4, -0.2) is 11.9 Å². The van der Waals surface area contributed by atoms with Crippen LogP contribution in [0.4, 0.5) is 17.6 Å². The van der Waals surface area contributed by atoms with Gasteiger partial charge in [0.05, 0.1) is 22.3 Å². The number of ether oxygens (including phenoxy) is 2. The third-order valence-corrected chi connectivity index (χ3v) is 9.45. The molecule has 5 nitrogen and oxygen atoms in total. The number of carbonyl (C=O) groups excluding carboxylic acids is 2. The van der Waals surface area contributed by atoms with Crippen molar-refractivity contribution in [3.05, 3.63) is 178 Å². The number of carbonyl (C=O) groups is 2. The highest BCUT2D eigenvalue weighted by Gasteiger charge is 2.15. The number of esters is 2. The third kappa shape index (κ3) is 10.2. The molecule has 0 radical (unpaired) electrons. The molecule has 0 heterocycles. The van der Waals surface area contributed by atoms with E-state index < -0.39 is 35.2 Å². The zero-order valence-electron chi connectivity index (χ0n) is 30.7. The zero-order valence-corrected chi connectivity index (χ0v) is 30.7. The average Bonchev–Trinajstić information content (AvgIpc) is 3.21. The molecule has 6 aromatic rings. The number of rotatable bonds is 14. The van der Waals surface area contributed by atoms with Crippen LogP contribution in [0.5, 0.6) is 11.5 Å². The topological polar surface area (TPSA) is 76.4 Å². The Bertz CT molecular complexity index is 2330. The lowest BCUT2D eigenvalue weighted by molar-refractivity contribution is 0.0724. The van der Waals surface area contributed by atoms with Crippen molar-refractivity contribution < 1.29 is 36.6 Å². The van der Waals surface area contributed by atoms with Crippen LogP contribution in [0.1, 0.15) is 75.1 Å². The molecular formula is C48H35F4NO4. The summed E-state index contributed by atoms with van der Waals surface area (Å²) in [5.41, 5.74) is 3.62. The van der Waals surface area contributed by atoms with Gasteiger partial charge in [0.1, 0.15) is 40.8 Å². The summed E-state index contributed by atoms with van der Waals surface area (Å²) in [6.45, 7) is 0. The van der Waals surface area contributed by atoms with E-state index in [1.165, 1.54) is 48.5 Å². The van der Waals surface area contributed by atoms with Crippen molar-refractivity contribution in [1.29, 1.82) is 5.26 Å². The Hall–Kier alpha value is -6.97. The molecule has 0 aliphatic heterocycles. The maximum absolute atomic E-state index is 14.8. The minimum absolute atomic E-state index is 0.0141. The smallest absolute Gasteiger partial charge is 0.343 e. The minimum atomic E-state index is -0.747. The van der Waals surface area contributed by atoms with E-state index in [2.05, 4.69) is 5.92 Å². The molecule has 57 heavy (non-hydrogen) atoms. The fourth-order valence-corrected chi connectivity index (χ4v) is 6.30. The number of nitrogens with zero attached hydrogens (tertiary/aromatic N) is 1. The molecule has 0 fully saturated rings. The monoisotopic (exact) mass is 765 g/mol. The van der Waals surface area contributed by atoms with Crippen molar-refractivity contribution in [1.82, 2.24) is 0 Å². The summed E-state index contributed by atoms with van der Waals surface area (Å²) in [7, 11) is 0. The highest BCUT2D eigenvalue weighted by Crippen LogP contribution is 2.30. The average molecular weight is 766 g/mol. The van der Waals surface area contributed by atoms with Crippen LogP contribution in [0.3, 0.4) is 0 Å². The Morgan fingerprint density at radius 2 is 0.930 bits per heavy atom. The second kappa shape index (κ2) is 18.6. The Morgan fingerprint density at radius 3 is 1.32 bits per heavy atom. The van der Waals surface area contributed by atoms with E-state index in [4.69, 9.17) is 21.2 Å². The molecule has 6 aromatic carbocycles. The number of unbranched alkanes of at least 4 members (excludes halogenated alkanes) is 4. The molecule has 0 spiro atoms. The summed E-state index contributed by atoms with van der Waals surface area (Å²) in [4.78, 5) is 25.4. The van der Waals surface area contributed by atoms with Gasteiger partial charge in [-0.05, 0) is 121 Å². The normalized spacial score (nSPS) is 10.7. The minimum Gasteiger partial charge on any atom is -0.423 e. The number of halogens is 4. The van der Waals surface area contributed by atoms with Gasteiger partial charge in [0.2, 0.25) is 0 Å². The van der Waals surface area contributed by atoms with Crippen molar-refractivity contribution in [2.24, 2.45) is 0 Å². The molecular weight excluding hydrogens is 731 g/mol. The molecule has 0 aromatic heterocycles. The standard InChI is InChI=1S/C48H35F4NO4/c1-2-33-18-19-36(26-43(33)49)41-24-22-39(28-45(41)51)56-47(54)34-14-10-31(11-15-34)8-6-4-3-5-7-9-32-12-16-35(17-13-32)48(55)57-40-23-25-42(46(52)29-40)37-20-21-38(30-53)44(50)27-37/h1,10-29H,3-9H2. The predicted molar refractivity (Wildman–Crippen MR) is 210 cm³/mol. The van der Waals surface area contributed by atoms with Crippen LogP contribution in [0.25, 0.3) is 22.3 Å². The van der Waals surface area contributed by atoms with Gasteiger partial charge >= 0.3 is 11.9 Å². The van der Waals surface area contributed by atoms with E-state index in [0.717, 1.165) is 80.3 Å². The summed E-state index contributed by atoms with van der Waals surface area (Å²) in [6.07, 6.45) is 12.1. The highest BCUT2D eigenvalue weighted by molar-refractivity contribution is 5.91. The summed E-state index contributed by atoms with van der Waals surface area (Å²) in [5.74, 6) is -1.70. The molecule has 0 bridgehead atoms. The quantitative estimate of drug-likeness (QED) is 0.0363. The molecule has 284 valence electrons. The van der Waals surface area contributed by atoms with E-state index in [0.29, 0.717) is 16.7 Å². The van der Waals surface area contributed by atoms with Crippen molar-refractivity contribution in [3.63, 3.8) is 0 Å². The Balaban J connectivity index is 0.880. The van der Waals surface area contributed by atoms with Crippen molar-refractivity contribution in [2.75, 3.05) is 0 Å². The molecule has 0 amide bonds. The summed E-state index contributed by atoms with van der Waals surface area (Å²) in [6, 6.07) is 31.7. The fraction of sp³-hybridized carbons (Fsp3) is 0.146. The van der Waals surface area contributed by atoms with Gasteiger partial charge in [-0.3, -0.25) is 0 Å². The van der Waals surface area contributed by atoms with E-state index in [1.54, 1.807) is 30.3 Å². The number of nitriles is 1. The van der Waals surface area contributed by atoms with Crippen molar-refractivity contribution in [2.45, 2.75) is 44.9 Å². The second-order valence-electron chi connectivity index (χ2n) is 13.4. The molecule has 0 saturated heterocycles. The zero-order chi connectivity index (χ0) is 40.3. The fourth-order valence-electron chi connectivity index (χ4n) is 6.30. The van der Waals surface area contributed by atoms with Crippen LogP contribution in [-0.2, 0) is 12.8 Å². The predicted octanol–water partition coefficient (Wildman–Crippen LogP) is 11.6. The van der Waals surface area contributed by atoms with Gasteiger partial charge in [-0.25, -0.2) is 27.2 Å². The van der Waals surface area contributed by atoms with Gasteiger partial charge in [0.15, 0.2) is 0 Å². The molecule has 9 heteroatoms. The molecule has 0 N–H and O–H groups in total. The van der Waals surface area contributed by atoms with Gasteiger partial charge in [-0.2, -0.15) is 5.26 Å². The molecule has 6 rings (SSSR count). The maximum atomic E-state index is 14.8. The van der Waals surface area contributed by atoms with Crippen molar-refractivity contribution >= 4 is 11.9 Å². The first-order chi connectivity index (χ1) is 27.6. The number of hydrogen-bond acceptors (Lipinski definition) is 5. The van der Waals surface area contributed by atoms with Crippen LogP contribution in [0.2, 0.25) is 0 Å². The molecule has 0 aliphatic carbocycles. The summed E-state index contributed by atoms with van der Waals surface area (Å²) < 4.78 is 68.5. The lowest BCUT2D eigenvalue weighted by atomic mass is 10.0. The van der Waals surface area contributed by atoms with E-state index in [9.17, 15) is 27.2 Å². The largest absolute Gasteiger partial charge is 0.423 e. The number of hydrogen-bond donors (Lipinski definition) is 0. The second-order valence-corrected chi connectivity index (χ2v) is 13.4. The first-order valence-electron chi connectivity index (χ1n) is 18.3. The van der Waals surface area contributed by atoms with Crippen molar-refractivity contribution in [3.8, 4) is 52.2 Å². The Labute approximate surface area is 328 Å². The Kier molecular flexibility index (Phi) is 12.9. The number of terminal acetylenes is 1. The van der Waals surface area contributed by atoms with Gasteiger partial charge in [0, 0.05) is 23.3 Å². The van der Waals surface area contributed by atoms with E-state index >= 15 is 0 Å². The maximum Gasteiger partial charge on any atom is 0.343 e. The molecule has 0 aliphatic rings. The van der Waals surface area contributed by atoms with Gasteiger partial charge < -0.3 is 9.47 Å². The lowest BCUT2D eigenvalue weighted by Crippen LogP contribution is -2.08. The summed E-state index contributed by atoms with van der Waals surface area (Å²) >= 11 is 0. The van der Waals surface area contributed by atoms with Crippen LogP contribution >= 0.6 is 0 Å². The first kappa shape index (κ1) is 39.7. The SMILES string of the molecule is C#Cc1ccc(-c2ccc(OC(=O)c3ccc(CCCCCCCc4ccc(C(=O)Oc5ccc(-c6ccc(C#N)c(F)c6)c(F)c5)cc4)cc3)cc2F)cc1F. The number of benzene rings is 6. The van der Waals surface area contributed by atoms with Crippen LogP contribution < -0.4 is 9.47 Å². The lowest BCUT2D eigenvalue weighted by Gasteiger charge is -2.09. The number of aryl methyl sites for hydroxylation is 2. The van der Waals surface area contributed by atoms with Crippen LogP contribution in [0, 0.1) is 46.9 Å². The van der Waals surface area contributed by atoms with E-state index in [-0.39, 0.29) is 39.3 Å². The molecule has 0 atom stereocenters. The van der Waals surface area contributed by atoms with Gasteiger partial charge in [-0.1, -0.05) is 61.6 Å². The van der Waals surface area contributed by atoms with Gasteiger partial charge in [0.25, 0.3) is 0 Å². The first-order valence-corrected chi connectivity index (χ1v) is 18.3. The van der Waals surface area contributed by atoms with Gasteiger partial charge in [-0.15, -0.1) is 6.42 Å². The molecule has 0 unspecified atom stereocenters. The molecule has 0 saturated carbocycles. The summed E-state index contributed by atoms with van der Waals surface area (Å²) in [5, 5.41) is 8.91. The van der Waals surface area contributed by atoms with E-state index in [1.807, 2.05) is 24.3 Å². The van der Waals surface area contributed by atoms with Crippen LogP contribution in [0.15, 0.2) is 121 Å². The third-order valence-electron chi connectivity index (χ3n) is 9.45.